The van der Waals surface area contributed by atoms with Gasteiger partial charge in [0.05, 0.1) is 22.8 Å². The predicted molar refractivity (Wildman–Crippen MR) is 277 cm³/mol. The van der Waals surface area contributed by atoms with Gasteiger partial charge in [-0.2, -0.15) is 0 Å². The summed E-state index contributed by atoms with van der Waals surface area (Å²) in [5, 5.41) is 3.73. The third-order valence-corrected chi connectivity index (χ3v) is 18.0. The molecule has 2 aliphatic heterocycles. The van der Waals surface area contributed by atoms with Gasteiger partial charge in [-0.05, 0) is 159 Å². The van der Waals surface area contributed by atoms with Gasteiger partial charge < -0.3 is 14.2 Å². The minimum Gasteiger partial charge on any atom is -0.456 e. The van der Waals surface area contributed by atoms with Gasteiger partial charge in [0.2, 0.25) is 6.71 Å². The van der Waals surface area contributed by atoms with Crippen LogP contribution in [-0.2, 0) is 16.2 Å². The summed E-state index contributed by atoms with van der Waals surface area (Å²) in [5.74, 6) is 0.227. The Hall–Kier alpha value is -5.00. The van der Waals surface area contributed by atoms with Crippen molar-refractivity contribution in [1.29, 1.82) is 0 Å². The smallest absolute Gasteiger partial charge is 0.239 e. The molecule has 324 valence electrons. The molecular formula is C59H63BN2OS. The van der Waals surface area contributed by atoms with Crippen LogP contribution in [0.4, 0.5) is 28.4 Å². The van der Waals surface area contributed by atoms with E-state index in [0.29, 0.717) is 0 Å². The molecule has 2 atom stereocenters. The second kappa shape index (κ2) is 13.1. The standard InChI is InChI=1S/C59H63BN2OS/c1-34-28-46-52-47(29-34)62(44-17-15-19-49-51(44)37-16-13-14-18-48(37)63-49)53-38-30-39-42(59(11,12)27-24-56(39,5)6)33-50(38)64-54(53)60(52)43-31-40-41(58(9,10)26-25-57(40,7)8)32-45(43)61(46)36-22-20-35(21-23-36)55(2,3)4/h13-23,28-33,43,45H,24-27H2,1-12H3. The van der Waals surface area contributed by atoms with Crippen molar-refractivity contribution in [1.82, 2.24) is 0 Å². The number of furan rings is 1. The van der Waals surface area contributed by atoms with Gasteiger partial charge in [0.25, 0.3) is 0 Å². The summed E-state index contributed by atoms with van der Waals surface area (Å²) in [6.45, 7) is 29.4. The summed E-state index contributed by atoms with van der Waals surface area (Å²) in [6.07, 6.45) is 10.3. The Morgan fingerprint density at radius 2 is 1.27 bits per heavy atom. The Kier molecular flexibility index (Phi) is 8.28. The molecule has 2 unspecified atom stereocenters. The van der Waals surface area contributed by atoms with Gasteiger partial charge >= 0.3 is 0 Å². The molecule has 3 aliphatic carbocycles. The van der Waals surface area contributed by atoms with E-state index in [9.17, 15) is 0 Å². The fraction of sp³-hybridized carbons (Fsp3) is 0.390. The third kappa shape index (κ3) is 5.64. The summed E-state index contributed by atoms with van der Waals surface area (Å²) in [4.78, 5) is 5.45. The van der Waals surface area contributed by atoms with Crippen LogP contribution in [0.15, 0.2) is 119 Å². The van der Waals surface area contributed by atoms with Crippen LogP contribution in [0.2, 0.25) is 5.82 Å². The molecular weight excluding hydrogens is 796 g/mol. The predicted octanol–water partition coefficient (Wildman–Crippen LogP) is 15.8. The molecule has 0 spiro atoms. The number of hydrogen-bond acceptors (Lipinski definition) is 4. The van der Waals surface area contributed by atoms with Crippen LogP contribution in [0, 0.1) is 17.8 Å². The van der Waals surface area contributed by atoms with E-state index in [1.807, 2.05) is 0 Å². The van der Waals surface area contributed by atoms with Crippen molar-refractivity contribution in [2.75, 3.05) is 9.80 Å². The van der Waals surface area contributed by atoms with E-state index < -0.39 is 0 Å². The molecule has 0 radical (unpaired) electrons. The normalized spacial score (nSPS) is 22.4. The fourth-order valence-corrected chi connectivity index (χ4v) is 14.2. The van der Waals surface area contributed by atoms with Crippen molar-refractivity contribution in [3.05, 3.63) is 137 Å². The number of para-hydroxylation sites is 1. The second-order valence-electron chi connectivity index (χ2n) is 23.9. The number of nitrogens with zero attached hydrogens (tertiary/aromatic N) is 2. The van der Waals surface area contributed by atoms with Crippen molar-refractivity contribution in [3.63, 3.8) is 0 Å². The molecule has 64 heavy (non-hydrogen) atoms. The molecule has 5 aromatic carbocycles. The summed E-state index contributed by atoms with van der Waals surface area (Å²) in [7, 11) is 0. The summed E-state index contributed by atoms with van der Waals surface area (Å²) in [5.41, 5.74) is 19.1. The van der Waals surface area contributed by atoms with Gasteiger partial charge in [0, 0.05) is 37.3 Å². The number of rotatable bonds is 2. The average molecular weight is 859 g/mol. The van der Waals surface area contributed by atoms with Crippen LogP contribution in [0.5, 0.6) is 0 Å². The maximum absolute atomic E-state index is 6.67. The van der Waals surface area contributed by atoms with Crippen LogP contribution in [0.3, 0.4) is 0 Å². The maximum Gasteiger partial charge on any atom is 0.239 e. The Labute approximate surface area is 385 Å². The lowest BCUT2D eigenvalue weighted by Gasteiger charge is -2.54. The highest BCUT2D eigenvalue weighted by Crippen LogP contribution is 2.59. The topological polar surface area (TPSA) is 19.6 Å². The van der Waals surface area contributed by atoms with E-state index in [-0.39, 0.29) is 45.6 Å². The minimum absolute atomic E-state index is 0.0682. The van der Waals surface area contributed by atoms with Crippen LogP contribution in [0.25, 0.3) is 32.0 Å². The largest absolute Gasteiger partial charge is 0.456 e. The van der Waals surface area contributed by atoms with E-state index in [0.717, 1.165) is 16.6 Å². The van der Waals surface area contributed by atoms with Gasteiger partial charge in [0.1, 0.15) is 11.2 Å². The number of aryl methyl sites for hydroxylation is 1. The first-order chi connectivity index (χ1) is 30.2. The van der Waals surface area contributed by atoms with E-state index in [1.54, 1.807) is 11.1 Å². The lowest BCUT2D eigenvalue weighted by atomic mass is 9.30. The van der Waals surface area contributed by atoms with Crippen molar-refractivity contribution < 1.29 is 4.42 Å². The molecule has 7 aromatic rings. The SMILES string of the molecule is Cc1cc2c3c(c1)N(c1ccc(C(C)(C)C)cc1)C1C=C4C(=CC1B3c1sc3cc5c(cc3c1N2c1cccc2oc3ccccc3c12)C(C)(C)CCC5(C)C)C(C)(C)CCC4(C)C. The molecule has 1 fully saturated rings. The van der Waals surface area contributed by atoms with E-state index in [2.05, 4.69) is 207 Å². The highest BCUT2D eigenvalue weighted by Gasteiger charge is 2.54. The van der Waals surface area contributed by atoms with Gasteiger partial charge in [-0.3, -0.25) is 0 Å². The highest BCUT2D eigenvalue weighted by molar-refractivity contribution is 7.32. The van der Waals surface area contributed by atoms with Crippen LogP contribution in [0.1, 0.15) is 124 Å². The molecule has 4 heterocycles. The number of hydrogen-bond donors (Lipinski definition) is 0. The monoisotopic (exact) mass is 858 g/mol. The lowest BCUT2D eigenvalue weighted by Crippen LogP contribution is -2.61. The molecule has 2 aromatic heterocycles. The molecule has 0 bridgehead atoms. The zero-order chi connectivity index (χ0) is 44.6. The molecule has 0 amide bonds. The Morgan fingerprint density at radius 1 is 0.641 bits per heavy atom. The number of fused-ring (bicyclic) bond motifs is 11. The molecule has 3 nitrogen and oxygen atoms in total. The first kappa shape index (κ1) is 40.5. The van der Waals surface area contributed by atoms with Crippen molar-refractivity contribution >= 4 is 88.8 Å². The zero-order valence-electron chi connectivity index (χ0n) is 40.1. The van der Waals surface area contributed by atoms with Gasteiger partial charge in [-0.25, -0.2) is 0 Å². The lowest BCUT2D eigenvalue weighted by molar-refractivity contribution is 0.255. The first-order valence-corrected chi connectivity index (χ1v) is 24.9. The fourth-order valence-electron chi connectivity index (χ4n) is 12.8. The van der Waals surface area contributed by atoms with E-state index in [4.69, 9.17) is 4.42 Å². The number of thiophene rings is 1. The van der Waals surface area contributed by atoms with Crippen LogP contribution >= 0.6 is 11.3 Å². The molecule has 0 saturated heterocycles. The van der Waals surface area contributed by atoms with Crippen LogP contribution < -0.4 is 20.0 Å². The average Bonchev–Trinajstić information content (AvgIpc) is 3.82. The quantitative estimate of drug-likeness (QED) is 0.162. The second-order valence-corrected chi connectivity index (χ2v) is 25.0. The third-order valence-electron chi connectivity index (χ3n) is 16.8. The van der Waals surface area contributed by atoms with Gasteiger partial charge in [-0.15, -0.1) is 11.3 Å². The van der Waals surface area contributed by atoms with Crippen molar-refractivity contribution in [2.45, 2.75) is 137 Å². The van der Waals surface area contributed by atoms with E-state index in [1.165, 1.54) is 102 Å². The Morgan fingerprint density at radius 3 is 1.97 bits per heavy atom. The van der Waals surface area contributed by atoms with Crippen molar-refractivity contribution in [2.24, 2.45) is 10.8 Å². The minimum atomic E-state index is 0.0682. The zero-order valence-corrected chi connectivity index (χ0v) is 40.9. The van der Waals surface area contributed by atoms with Gasteiger partial charge in [0.15, 0.2) is 0 Å². The molecule has 5 heteroatoms. The highest BCUT2D eigenvalue weighted by atomic mass is 32.1. The molecule has 1 saturated carbocycles. The number of benzene rings is 5. The maximum atomic E-state index is 6.67. The molecule has 5 aliphatic rings. The summed E-state index contributed by atoms with van der Waals surface area (Å²) >= 11 is 2.08. The van der Waals surface area contributed by atoms with Gasteiger partial charge in [-0.1, -0.05) is 125 Å². The first-order valence-electron chi connectivity index (χ1n) is 24.0. The van der Waals surface area contributed by atoms with Crippen molar-refractivity contribution in [3.8, 4) is 0 Å². The Bertz CT molecular complexity index is 3200. The van der Waals surface area contributed by atoms with E-state index >= 15 is 0 Å². The summed E-state index contributed by atoms with van der Waals surface area (Å²) in [6, 6.07) is 35.4. The number of anilines is 5. The van der Waals surface area contributed by atoms with Crippen LogP contribution in [-0.4, -0.2) is 12.8 Å². The molecule has 12 rings (SSSR count). The Balaban J connectivity index is 1.22. The molecule has 0 N–H and O–H groups in total. The number of allylic oxidation sites excluding steroid dienone is 2. The summed E-state index contributed by atoms with van der Waals surface area (Å²) < 4.78 is 9.58.